The van der Waals surface area contributed by atoms with Gasteiger partial charge in [0.25, 0.3) is 0 Å². The van der Waals surface area contributed by atoms with Crippen LogP contribution in [-0.4, -0.2) is 38.0 Å². The first-order chi connectivity index (χ1) is 13.6. The lowest BCUT2D eigenvalue weighted by molar-refractivity contribution is 0.629. The number of benzene rings is 1. The van der Waals surface area contributed by atoms with E-state index in [4.69, 9.17) is 4.98 Å². The lowest BCUT2D eigenvalue weighted by Crippen LogP contribution is -2.26. The number of nitrogens with one attached hydrogen (secondary N) is 2. The Morgan fingerprint density at radius 2 is 1.96 bits per heavy atom. The molecular weight excluding hydrogens is 357 g/mol. The molecule has 0 aliphatic heterocycles. The predicted octanol–water partition coefficient (Wildman–Crippen LogP) is 4.06. The van der Waals surface area contributed by atoms with Crippen LogP contribution in [0.1, 0.15) is 32.4 Å². The minimum absolute atomic E-state index is 0.0843. The number of rotatable bonds is 6. The van der Waals surface area contributed by atoms with Gasteiger partial charge in [0.1, 0.15) is 23.5 Å². The number of pyridine rings is 1. The zero-order chi connectivity index (χ0) is 19.7. The van der Waals surface area contributed by atoms with Crippen molar-refractivity contribution in [1.82, 2.24) is 24.9 Å². The second-order valence-corrected chi connectivity index (χ2v) is 6.60. The van der Waals surface area contributed by atoms with Crippen LogP contribution < -0.4 is 10.2 Å². The van der Waals surface area contributed by atoms with Crippen molar-refractivity contribution in [3.8, 4) is 0 Å². The summed E-state index contributed by atoms with van der Waals surface area (Å²) in [6, 6.07) is 6.68. The summed E-state index contributed by atoms with van der Waals surface area (Å²) < 4.78 is 13.7. The Kier molecular flexibility index (Phi) is 4.77. The molecular formula is C20H22FN7. The van der Waals surface area contributed by atoms with Crippen molar-refractivity contribution >= 4 is 33.7 Å². The molecule has 0 aliphatic rings. The van der Waals surface area contributed by atoms with Gasteiger partial charge in [-0.3, -0.25) is 0 Å². The number of aromatic amines is 1. The highest BCUT2D eigenvalue weighted by molar-refractivity contribution is 5.84. The Morgan fingerprint density at radius 1 is 1.14 bits per heavy atom. The molecule has 0 fully saturated rings. The summed E-state index contributed by atoms with van der Waals surface area (Å²) >= 11 is 0. The average Bonchev–Trinajstić information content (AvgIpc) is 3.18. The third-order valence-electron chi connectivity index (χ3n) is 4.89. The zero-order valence-corrected chi connectivity index (χ0v) is 16.1. The van der Waals surface area contributed by atoms with Gasteiger partial charge in [-0.25, -0.2) is 24.3 Å². The van der Waals surface area contributed by atoms with Crippen LogP contribution in [0.15, 0.2) is 36.9 Å². The molecule has 8 heteroatoms. The molecule has 3 heterocycles. The summed E-state index contributed by atoms with van der Waals surface area (Å²) in [7, 11) is 0. The van der Waals surface area contributed by atoms with E-state index in [1.54, 1.807) is 12.4 Å². The van der Waals surface area contributed by atoms with E-state index in [9.17, 15) is 4.39 Å². The molecule has 1 aromatic carbocycles. The smallest absolute Gasteiger partial charge is 0.182 e. The molecule has 1 atom stereocenters. The van der Waals surface area contributed by atoms with Gasteiger partial charge >= 0.3 is 0 Å². The fourth-order valence-corrected chi connectivity index (χ4v) is 3.40. The second-order valence-electron chi connectivity index (χ2n) is 6.60. The van der Waals surface area contributed by atoms with Crippen LogP contribution in [0.5, 0.6) is 0 Å². The van der Waals surface area contributed by atoms with Gasteiger partial charge in [0, 0.05) is 30.1 Å². The van der Waals surface area contributed by atoms with E-state index in [2.05, 4.69) is 57.0 Å². The topological polar surface area (TPSA) is 82.6 Å². The first kappa shape index (κ1) is 18.1. The Morgan fingerprint density at radius 3 is 2.75 bits per heavy atom. The molecule has 2 N–H and O–H groups in total. The molecule has 0 saturated heterocycles. The molecule has 0 saturated carbocycles. The molecule has 4 rings (SSSR count). The third-order valence-corrected chi connectivity index (χ3v) is 4.89. The van der Waals surface area contributed by atoms with Crippen LogP contribution in [0.4, 0.5) is 16.0 Å². The number of anilines is 2. The van der Waals surface area contributed by atoms with E-state index >= 15 is 0 Å². The van der Waals surface area contributed by atoms with E-state index in [0.717, 1.165) is 35.4 Å². The maximum Gasteiger partial charge on any atom is 0.182 e. The van der Waals surface area contributed by atoms with Crippen LogP contribution >= 0.6 is 0 Å². The summed E-state index contributed by atoms with van der Waals surface area (Å²) in [6.07, 6.45) is 3.09. The van der Waals surface area contributed by atoms with E-state index in [1.165, 1.54) is 18.5 Å². The van der Waals surface area contributed by atoms with Gasteiger partial charge in [-0.1, -0.05) is 0 Å². The minimum Gasteiger partial charge on any atom is -0.362 e. The Labute approximate surface area is 162 Å². The fraction of sp³-hybridized carbons (Fsp3) is 0.300. The Balaban J connectivity index is 1.80. The summed E-state index contributed by atoms with van der Waals surface area (Å²) in [6.45, 7) is 7.84. The van der Waals surface area contributed by atoms with Crippen molar-refractivity contribution in [1.29, 1.82) is 0 Å². The van der Waals surface area contributed by atoms with Crippen LogP contribution in [0.2, 0.25) is 0 Å². The number of imidazole rings is 1. The Bertz CT molecular complexity index is 1120. The lowest BCUT2D eigenvalue weighted by Gasteiger charge is -2.26. The molecule has 0 aliphatic carbocycles. The van der Waals surface area contributed by atoms with Crippen molar-refractivity contribution in [3.63, 3.8) is 0 Å². The van der Waals surface area contributed by atoms with Gasteiger partial charge in [-0.05, 0) is 39.0 Å². The van der Waals surface area contributed by atoms with Crippen LogP contribution in [0, 0.1) is 5.82 Å². The lowest BCUT2D eigenvalue weighted by atomic mass is 10.0. The number of hydrogen-bond acceptors (Lipinski definition) is 6. The van der Waals surface area contributed by atoms with Gasteiger partial charge in [0.05, 0.1) is 17.9 Å². The largest absolute Gasteiger partial charge is 0.362 e. The molecule has 3 aromatic heterocycles. The minimum atomic E-state index is -0.285. The van der Waals surface area contributed by atoms with Crippen LogP contribution in [0.25, 0.3) is 22.1 Å². The number of H-pyrrole nitrogens is 1. The summed E-state index contributed by atoms with van der Waals surface area (Å²) in [4.78, 5) is 22.7. The zero-order valence-electron chi connectivity index (χ0n) is 16.1. The highest BCUT2D eigenvalue weighted by Gasteiger charge is 2.19. The van der Waals surface area contributed by atoms with E-state index in [-0.39, 0.29) is 11.9 Å². The third kappa shape index (κ3) is 3.21. The maximum absolute atomic E-state index is 13.7. The van der Waals surface area contributed by atoms with E-state index in [0.29, 0.717) is 17.0 Å². The van der Waals surface area contributed by atoms with Gasteiger partial charge in [-0.15, -0.1) is 0 Å². The SMILES string of the molecule is CCN(CC)c1nc2cc(F)ccc2cc1[C@H](C)Nc1ncnc2nc[nH]c12. The van der Waals surface area contributed by atoms with Crippen molar-refractivity contribution in [2.75, 3.05) is 23.3 Å². The van der Waals surface area contributed by atoms with Gasteiger partial charge in [0.15, 0.2) is 11.5 Å². The number of nitrogens with zero attached hydrogens (tertiary/aromatic N) is 5. The first-order valence-electron chi connectivity index (χ1n) is 9.36. The summed E-state index contributed by atoms with van der Waals surface area (Å²) in [5.41, 5.74) is 3.04. The van der Waals surface area contributed by atoms with E-state index < -0.39 is 0 Å². The molecule has 7 nitrogen and oxygen atoms in total. The van der Waals surface area contributed by atoms with Crippen LogP contribution in [-0.2, 0) is 0 Å². The molecule has 0 radical (unpaired) electrons. The molecule has 0 amide bonds. The first-order valence-corrected chi connectivity index (χ1v) is 9.36. The molecule has 4 aromatic rings. The summed E-state index contributed by atoms with van der Waals surface area (Å²) in [5.74, 6) is 1.24. The number of halogens is 1. The van der Waals surface area contributed by atoms with Crippen molar-refractivity contribution in [2.24, 2.45) is 0 Å². The van der Waals surface area contributed by atoms with Gasteiger partial charge < -0.3 is 15.2 Å². The monoisotopic (exact) mass is 379 g/mol. The van der Waals surface area contributed by atoms with Crippen molar-refractivity contribution < 1.29 is 4.39 Å². The molecule has 0 spiro atoms. The summed E-state index contributed by atoms with van der Waals surface area (Å²) in [5, 5.41) is 4.34. The molecule has 0 unspecified atom stereocenters. The predicted molar refractivity (Wildman–Crippen MR) is 109 cm³/mol. The Hall–Kier alpha value is -3.29. The van der Waals surface area contributed by atoms with Gasteiger partial charge in [0.2, 0.25) is 0 Å². The maximum atomic E-state index is 13.7. The molecule has 28 heavy (non-hydrogen) atoms. The molecule has 0 bridgehead atoms. The van der Waals surface area contributed by atoms with Crippen molar-refractivity contribution in [2.45, 2.75) is 26.8 Å². The average molecular weight is 379 g/mol. The standard InChI is InChI=1S/C20H22FN7/c1-4-28(5-2)20-15(8-13-6-7-14(21)9-16(13)27-20)12(3)26-19-17-18(23-10-22-17)24-11-25-19/h6-12H,4-5H2,1-3H3,(H2,22,23,24,25,26)/t12-/m0/s1. The normalized spacial score (nSPS) is 12.4. The highest BCUT2D eigenvalue weighted by Crippen LogP contribution is 2.31. The number of aromatic nitrogens is 5. The van der Waals surface area contributed by atoms with Gasteiger partial charge in [-0.2, -0.15) is 0 Å². The number of hydrogen-bond donors (Lipinski definition) is 2. The molecule has 144 valence electrons. The number of fused-ring (bicyclic) bond motifs is 2. The van der Waals surface area contributed by atoms with Crippen LogP contribution in [0.3, 0.4) is 0 Å². The van der Waals surface area contributed by atoms with E-state index in [1.807, 2.05) is 0 Å². The fourth-order valence-electron chi connectivity index (χ4n) is 3.40. The quantitative estimate of drug-likeness (QED) is 0.526. The highest BCUT2D eigenvalue weighted by atomic mass is 19.1. The second kappa shape index (κ2) is 7.38. The van der Waals surface area contributed by atoms with Crippen molar-refractivity contribution in [3.05, 3.63) is 48.3 Å².